The van der Waals surface area contributed by atoms with Gasteiger partial charge in [-0.3, -0.25) is 14.3 Å². The van der Waals surface area contributed by atoms with Crippen LogP contribution in [0.1, 0.15) is 5.56 Å². The van der Waals surface area contributed by atoms with E-state index in [4.69, 9.17) is 0 Å². The second kappa shape index (κ2) is 6.80. The van der Waals surface area contributed by atoms with Crippen LogP contribution in [0, 0.1) is 0 Å². The number of aromatic nitrogens is 2. The Bertz CT molecular complexity index is 1160. The van der Waals surface area contributed by atoms with Crippen molar-refractivity contribution in [2.24, 2.45) is 0 Å². The van der Waals surface area contributed by atoms with Gasteiger partial charge >= 0.3 is 0 Å². The van der Waals surface area contributed by atoms with Crippen LogP contribution < -0.4 is 10.7 Å². The van der Waals surface area contributed by atoms with Gasteiger partial charge in [0.1, 0.15) is 6.54 Å². The van der Waals surface area contributed by atoms with Crippen LogP contribution in [0.15, 0.2) is 77.7 Å². The molecule has 3 aromatic carbocycles. The Hall–Kier alpha value is -3.47. The van der Waals surface area contributed by atoms with Crippen LogP contribution >= 0.6 is 0 Å². The lowest BCUT2D eigenvalue weighted by Crippen LogP contribution is -2.28. The lowest BCUT2D eigenvalue weighted by atomic mass is 10.1. The molecule has 0 aliphatic heterocycles. The summed E-state index contributed by atoms with van der Waals surface area (Å²) in [6.07, 6.45) is 1.25. The summed E-state index contributed by atoms with van der Waals surface area (Å²) >= 11 is 0. The molecule has 1 aromatic heterocycles. The Morgan fingerprint density at radius 1 is 0.962 bits per heavy atom. The molecule has 0 aliphatic carbocycles. The van der Waals surface area contributed by atoms with Crippen molar-refractivity contribution in [1.82, 2.24) is 15.1 Å². The summed E-state index contributed by atoms with van der Waals surface area (Å²) in [5, 5.41) is 9.88. The van der Waals surface area contributed by atoms with E-state index in [1.54, 1.807) is 22.9 Å². The first-order valence-corrected chi connectivity index (χ1v) is 8.40. The van der Waals surface area contributed by atoms with Crippen LogP contribution in [0.2, 0.25) is 0 Å². The Morgan fingerprint density at radius 2 is 1.73 bits per heavy atom. The van der Waals surface area contributed by atoms with Gasteiger partial charge in [0, 0.05) is 11.9 Å². The molecule has 26 heavy (non-hydrogen) atoms. The summed E-state index contributed by atoms with van der Waals surface area (Å²) in [5.74, 6) is -0.153. The molecule has 4 rings (SSSR count). The Morgan fingerprint density at radius 3 is 2.62 bits per heavy atom. The minimum Gasteiger partial charge on any atom is -0.350 e. The monoisotopic (exact) mass is 343 g/mol. The predicted octanol–water partition coefficient (Wildman–Crippen LogP) is 2.87. The van der Waals surface area contributed by atoms with E-state index in [0.717, 1.165) is 10.9 Å². The number of rotatable bonds is 4. The molecule has 0 saturated heterocycles. The van der Waals surface area contributed by atoms with E-state index in [2.05, 4.69) is 28.6 Å². The fourth-order valence-corrected chi connectivity index (χ4v) is 3.03. The molecule has 128 valence electrons. The number of para-hydroxylation sites is 1. The second-order valence-corrected chi connectivity index (χ2v) is 6.14. The van der Waals surface area contributed by atoms with E-state index in [1.165, 1.54) is 11.6 Å². The van der Waals surface area contributed by atoms with Crippen molar-refractivity contribution in [2.75, 3.05) is 0 Å². The number of hydrogen-bond acceptors (Lipinski definition) is 3. The molecule has 0 unspecified atom stereocenters. The van der Waals surface area contributed by atoms with Crippen molar-refractivity contribution in [2.45, 2.75) is 13.1 Å². The lowest BCUT2D eigenvalue weighted by Gasteiger charge is -2.10. The number of hydrogen-bond donors (Lipinski definition) is 1. The predicted molar refractivity (Wildman–Crippen MR) is 102 cm³/mol. The second-order valence-electron chi connectivity index (χ2n) is 6.14. The van der Waals surface area contributed by atoms with Gasteiger partial charge in [-0.1, -0.05) is 48.5 Å². The maximum absolute atomic E-state index is 12.3. The van der Waals surface area contributed by atoms with Gasteiger partial charge in [-0.2, -0.15) is 5.10 Å². The molecule has 5 heteroatoms. The number of carbonyl (C=O) groups excluding carboxylic acids is 1. The van der Waals surface area contributed by atoms with Crippen LogP contribution in [0.25, 0.3) is 21.7 Å². The summed E-state index contributed by atoms with van der Waals surface area (Å²) in [6, 6.07) is 21.4. The summed E-state index contributed by atoms with van der Waals surface area (Å²) in [4.78, 5) is 24.2. The Balaban J connectivity index is 1.49. The zero-order valence-corrected chi connectivity index (χ0v) is 14.1. The number of nitrogens with one attached hydrogen (secondary N) is 1. The molecule has 1 amide bonds. The normalized spacial score (nSPS) is 10.9. The fraction of sp³-hybridized carbons (Fsp3) is 0.0952. The van der Waals surface area contributed by atoms with E-state index in [9.17, 15) is 9.59 Å². The largest absolute Gasteiger partial charge is 0.350 e. The van der Waals surface area contributed by atoms with Crippen molar-refractivity contribution < 1.29 is 4.79 Å². The van der Waals surface area contributed by atoms with Crippen molar-refractivity contribution in [1.29, 1.82) is 0 Å². The van der Waals surface area contributed by atoms with E-state index >= 15 is 0 Å². The van der Waals surface area contributed by atoms with Gasteiger partial charge in [0.15, 0.2) is 0 Å². The lowest BCUT2D eigenvalue weighted by molar-refractivity contribution is -0.121. The van der Waals surface area contributed by atoms with Crippen LogP contribution in [0.5, 0.6) is 0 Å². The SMILES string of the molecule is O=C(Cn1ncc(=O)c2ccccc21)NCc1ccc2ccccc2c1. The molecular weight excluding hydrogens is 326 g/mol. The van der Waals surface area contributed by atoms with E-state index in [1.807, 2.05) is 30.3 Å². The van der Waals surface area contributed by atoms with Crippen molar-refractivity contribution in [3.05, 3.63) is 88.7 Å². The minimum atomic E-state index is -0.153. The van der Waals surface area contributed by atoms with Gasteiger partial charge < -0.3 is 5.32 Å². The quantitative estimate of drug-likeness (QED) is 0.620. The smallest absolute Gasteiger partial charge is 0.242 e. The maximum atomic E-state index is 12.3. The van der Waals surface area contributed by atoms with Crippen LogP contribution in [0.4, 0.5) is 0 Å². The highest BCUT2D eigenvalue weighted by Crippen LogP contribution is 2.15. The molecule has 0 bridgehead atoms. The van der Waals surface area contributed by atoms with Gasteiger partial charge in [-0.05, 0) is 34.5 Å². The average Bonchev–Trinajstić information content (AvgIpc) is 2.68. The molecule has 4 aromatic rings. The van der Waals surface area contributed by atoms with E-state index < -0.39 is 0 Å². The molecule has 0 aliphatic rings. The van der Waals surface area contributed by atoms with E-state index in [0.29, 0.717) is 17.4 Å². The number of carbonyl (C=O) groups is 1. The number of fused-ring (bicyclic) bond motifs is 2. The first-order valence-electron chi connectivity index (χ1n) is 8.40. The molecule has 0 radical (unpaired) electrons. The van der Waals surface area contributed by atoms with Gasteiger partial charge in [0.05, 0.1) is 11.7 Å². The van der Waals surface area contributed by atoms with Crippen molar-refractivity contribution in [3.63, 3.8) is 0 Å². The summed E-state index contributed by atoms with van der Waals surface area (Å²) in [5.41, 5.74) is 1.55. The molecule has 0 spiro atoms. The molecule has 0 atom stereocenters. The zero-order valence-electron chi connectivity index (χ0n) is 14.1. The fourth-order valence-electron chi connectivity index (χ4n) is 3.03. The number of nitrogens with zero attached hydrogens (tertiary/aromatic N) is 2. The van der Waals surface area contributed by atoms with Crippen LogP contribution in [-0.4, -0.2) is 15.7 Å². The standard InChI is InChI=1S/C21H17N3O2/c25-20-13-23-24(19-8-4-3-7-18(19)20)14-21(26)22-12-15-9-10-16-5-1-2-6-17(16)11-15/h1-11,13H,12,14H2,(H,22,26). The maximum Gasteiger partial charge on any atom is 0.242 e. The third-order valence-electron chi connectivity index (χ3n) is 4.36. The highest BCUT2D eigenvalue weighted by atomic mass is 16.2. The van der Waals surface area contributed by atoms with Crippen LogP contribution in [-0.2, 0) is 17.9 Å². The van der Waals surface area contributed by atoms with Crippen molar-refractivity contribution in [3.8, 4) is 0 Å². The van der Waals surface area contributed by atoms with Gasteiger partial charge in [0.25, 0.3) is 0 Å². The third kappa shape index (κ3) is 3.19. The van der Waals surface area contributed by atoms with Crippen LogP contribution in [0.3, 0.4) is 0 Å². The highest BCUT2D eigenvalue weighted by Gasteiger charge is 2.08. The average molecular weight is 343 g/mol. The Kier molecular flexibility index (Phi) is 4.19. The third-order valence-corrected chi connectivity index (χ3v) is 4.36. The molecule has 5 nitrogen and oxygen atoms in total. The first kappa shape index (κ1) is 16.0. The number of amides is 1. The van der Waals surface area contributed by atoms with Crippen molar-refractivity contribution >= 4 is 27.6 Å². The van der Waals surface area contributed by atoms with Gasteiger partial charge in [-0.25, -0.2) is 0 Å². The summed E-state index contributed by atoms with van der Waals surface area (Å²) in [6.45, 7) is 0.510. The molecular formula is C21H17N3O2. The summed E-state index contributed by atoms with van der Waals surface area (Å²) < 4.78 is 1.55. The topological polar surface area (TPSA) is 64.0 Å². The number of benzene rings is 3. The molecule has 0 saturated carbocycles. The van der Waals surface area contributed by atoms with Gasteiger partial charge in [-0.15, -0.1) is 0 Å². The van der Waals surface area contributed by atoms with E-state index in [-0.39, 0.29) is 17.9 Å². The summed E-state index contributed by atoms with van der Waals surface area (Å²) in [7, 11) is 0. The Labute approximate surface area is 149 Å². The highest BCUT2D eigenvalue weighted by molar-refractivity contribution is 5.83. The zero-order chi connectivity index (χ0) is 17.9. The first-order chi connectivity index (χ1) is 12.7. The minimum absolute atomic E-state index is 0.0639. The van der Waals surface area contributed by atoms with Gasteiger partial charge in [0.2, 0.25) is 11.3 Å². The molecule has 1 heterocycles. The molecule has 0 fully saturated rings. The molecule has 1 N–H and O–H groups in total.